The lowest BCUT2D eigenvalue weighted by Gasteiger charge is -2.10. The molecule has 0 radical (unpaired) electrons. The molecule has 1 aliphatic rings. The Morgan fingerprint density at radius 3 is 2.44 bits per heavy atom. The molecule has 0 saturated heterocycles. The van der Waals surface area contributed by atoms with Crippen molar-refractivity contribution >= 4 is 23.4 Å². The van der Waals surface area contributed by atoms with Crippen molar-refractivity contribution in [1.82, 2.24) is 15.0 Å². The third-order valence-corrected chi connectivity index (χ3v) is 4.12. The van der Waals surface area contributed by atoms with Crippen molar-refractivity contribution < 1.29 is 9.18 Å². The zero-order valence-electron chi connectivity index (χ0n) is 14.3. The third kappa shape index (κ3) is 4.00. The highest BCUT2D eigenvalue weighted by molar-refractivity contribution is 6.04. The Morgan fingerprint density at radius 1 is 1.07 bits per heavy atom. The van der Waals surface area contributed by atoms with Gasteiger partial charge in [-0.25, -0.2) is 19.3 Å². The number of hydrogen-bond donors (Lipinski definition) is 3. The zero-order chi connectivity index (χ0) is 18.8. The first-order valence-electron chi connectivity index (χ1n) is 8.51. The van der Waals surface area contributed by atoms with Crippen LogP contribution in [-0.4, -0.2) is 26.9 Å². The number of halogens is 1. The molecule has 1 fully saturated rings. The van der Waals surface area contributed by atoms with Crippen LogP contribution < -0.4 is 16.4 Å². The van der Waals surface area contributed by atoms with Crippen LogP contribution in [0.5, 0.6) is 0 Å². The lowest BCUT2D eigenvalue weighted by atomic mass is 10.1. The Balaban J connectivity index is 1.51. The summed E-state index contributed by atoms with van der Waals surface area (Å²) < 4.78 is 13.1. The van der Waals surface area contributed by atoms with Crippen LogP contribution in [0.4, 0.5) is 21.8 Å². The Labute approximate surface area is 154 Å². The zero-order valence-corrected chi connectivity index (χ0v) is 14.3. The monoisotopic (exact) mass is 364 g/mol. The number of hydrogen-bond acceptors (Lipinski definition) is 6. The summed E-state index contributed by atoms with van der Waals surface area (Å²) >= 11 is 0. The third-order valence-electron chi connectivity index (χ3n) is 4.12. The molecule has 3 aromatic rings. The molecule has 1 aliphatic carbocycles. The van der Waals surface area contributed by atoms with Gasteiger partial charge in [0.25, 0.3) is 5.91 Å². The summed E-state index contributed by atoms with van der Waals surface area (Å²) in [5.41, 5.74) is 7.83. The summed E-state index contributed by atoms with van der Waals surface area (Å²) in [7, 11) is 0. The normalized spacial score (nSPS) is 13.2. The SMILES string of the molecule is Nc1ccc(-c2ccc(F)cc2)nc1NC(=O)c1cnc(NC2CC2)nc1. The molecule has 2 heterocycles. The molecule has 0 bridgehead atoms. The molecule has 136 valence electrons. The number of anilines is 3. The van der Waals surface area contributed by atoms with Crippen LogP contribution >= 0.6 is 0 Å². The number of nitrogens with zero attached hydrogens (tertiary/aromatic N) is 3. The van der Waals surface area contributed by atoms with E-state index in [0.717, 1.165) is 12.8 Å². The van der Waals surface area contributed by atoms with Crippen LogP contribution in [0.15, 0.2) is 48.8 Å². The minimum absolute atomic E-state index is 0.224. The average molecular weight is 364 g/mol. The van der Waals surface area contributed by atoms with Crippen LogP contribution in [0.25, 0.3) is 11.3 Å². The lowest BCUT2D eigenvalue weighted by Crippen LogP contribution is -2.16. The van der Waals surface area contributed by atoms with Gasteiger partial charge < -0.3 is 16.4 Å². The first-order chi connectivity index (χ1) is 13.1. The van der Waals surface area contributed by atoms with E-state index in [0.29, 0.717) is 34.5 Å². The molecular weight excluding hydrogens is 347 g/mol. The number of benzene rings is 1. The van der Waals surface area contributed by atoms with Gasteiger partial charge in [-0.15, -0.1) is 0 Å². The van der Waals surface area contributed by atoms with Gasteiger partial charge in [0.15, 0.2) is 5.82 Å². The number of nitrogen functional groups attached to an aromatic ring is 1. The Kier molecular flexibility index (Phi) is 4.37. The van der Waals surface area contributed by atoms with Crippen LogP contribution in [0, 0.1) is 5.82 Å². The van der Waals surface area contributed by atoms with Crippen LogP contribution in [0.1, 0.15) is 23.2 Å². The molecule has 4 rings (SSSR count). The molecule has 8 heteroatoms. The van der Waals surface area contributed by atoms with Gasteiger partial charge in [0.1, 0.15) is 5.82 Å². The molecule has 1 aromatic carbocycles. The predicted octanol–water partition coefficient (Wildman–Crippen LogP) is 3.09. The number of rotatable bonds is 5. The lowest BCUT2D eigenvalue weighted by molar-refractivity contribution is 0.102. The molecule has 7 nitrogen and oxygen atoms in total. The molecule has 4 N–H and O–H groups in total. The van der Waals surface area contributed by atoms with Crippen molar-refractivity contribution in [3.63, 3.8) is 0 Å². The van der Waals surface area contributed by atoms with E-state index in [-0.39, 0.29) is 11.6 Å². The molecular formula is C19H17FN6O. The highest BCUT2D eigenvalue weighted by atomic mass is 19.1. The van der Waals surface area contributed by atoms with Crippen LogP contribution in [0.2, 0.25) is 0 Å². The molecule has 0 unspecified atom stereocenters. The fourth-order valence-corrected chi connectivity index (χ4v) is 2.46. The number of aromatic nitrogens is 3. The summed E-state index contributed by atoms with van der Waals surface area (Å²) in [5.74, 6) is -0.0159. The van der Waals surface area contributed by atoms with Gasteiger partial charge in [-0.3, -0.25) is 4.79 Å². The maximum absolute atomic E-state index is 13.1. The van der Waals surface area contributed by atoms with E-state index in [1.54, 1.807) is 24.3 Å². The fraction of sp³-hybridized carbons (Fsp3) is 0.158. The second-order valence-corrected chi connectivity index (χ2v) is 6.31. The minimum atomic E-state index is -0.413. The molecule has 0 spiro atoms. The predicted molar refractivity (Wildman–Crippen MR) is 101 cm³/mol. The molecule has 27 heavy (non-hydrogen) atoms. The molecule has 0 atom stereocenters. The summed E-state index contributed by atoms with van der Waals surface area (Å²) in [6.45, 7) is 0. The fourth-order valence-electron chi connectivity index (χ4n) is 2.46. The van der Waals surface area contributed by atoms with E-state index < -0.39 is 5.91 Å². The smallest absolute Gasteiger partial charge is 0.260 e. The first-order valence-corrected chi connectivity index (χ1v) is 8.51. The number of amides is 1. The maximum atomic E-state index is 13.1. The van der Waals surface area contributed by atoms with E-state index in [9.17, 15) is 9.18 Å². The highest BCUT2D eigenvalue weighted by Crippen LogP contribution is 2.24. The summed E-state index contributed by atoms with van der Waals surface area (Å²) in [6.07, 6.45) is 5.13. The van der Waals surface area contributed by atoms with Crippen molar-refractivity contribution in [2.24, 2.45) is 0 Å². The van der Waals surface area contributed by atoms with E-state index in [1.807, 2.05) is 0 Å². The van der Waals surface area contributed by atoms with Gasteiger partial charge in [-0.2, -0.15) is 0 Å². The summed E-state index contributed by atoms with van der Waals surface area (Å²) in [4.78, 5) is 25.1. The second kappa shape index (κ2) is 6.99. The molecule has 2 aromatic heterocycles. The highest BCUT2D eigenvalue weighted by Gasteiger charge is 2.22. The van der Waals surface area contributed by atoms with Gasteiger partial charge in [-0.1, -0.05) is 0 Å². The van der Waals surface area contributed by atoms with Gasteiger partial charge in [-0.05, 0) is 49.2 Å². The number of nitrogens with two attached hydrogens (primary N) is 1. The molecule has 1 amide bonds. The van der Waals surface area contributed by atoms with E-state index in [4.69, 9.17) is 5.73 Å². The minimum Gasteiger partial charge on any atom is -0.396 e. The second-order valence-electron chi connectivity index (χ2n) is 6.31. The topological polar surface area (TPSA) is 106 Å². The maximum Gasteiger partial charge on any atom is 0.260 e. The quantitative estimate of drug-likeness (QED) is 0.642. The van der Waals surface area contributed by atoms with Crippen molar-refractivity contribution in [2.75, 3.05) is 16.4 Å². The Morgan fingerprint density at radius 2 is 1.78 bits per heavy atom. The van der Waals surface area contributed by atoms with E-state index >= 15 is 0 Å². The van der Waals surface area contributed by atoms with Crippen molar-refractivity contribution in [2.45, 2.75) is 18.9 Å². The van der Waals surface area contributed by atoms with Crippen molar-refractivity contribution in [3.05, 3.63) is 60.2 Å². The molecule has 0 aliphatic heterocycles. The van der Waals surface area contributed by atoms with Gasteiger partial charge in [0.2, 0.25) is 5.95 Å². The number of pyridine rings is 1. The first kappa shape index (κ1) is 16.9. The summed E-state index contributed by atoms with van der Waals surface area (Å²) in [5, 5.41) is 5.83. The van der Waals surface area contributed by atoms with Gasteiger partial charge in [0.05, 0.1) is 16.9 Å². The van der Waals surface area contributed by atoms with Crippen LogP contribution in [0.3, 0.4) is 0 Å². The van der Waals surface area contributed by atoms with Gasteiger partial charge in [0, 0.05) is 24.0 Å². The number of carbonyl (C=O) groups is 1. The standard InChI is InChI=1S/C19H17FN6O/c20-13-3-1-11(2-4-13)16-8-7-15(21)17(25-16)26-18(27)12-9-22-19(23-10-12)24-14-5-6-14/h1-4,7-10,14H,5-6,21H2,(H,22,23,24)(H,25,26,27). The number of nitrogens with one attached hydrogen (secondary N) is 2. The summed E-state index contributed by atoms with van der Waals surface area (Å²) in [6, 6.07) is 9.70. The van der Waals surface area contributed by atoms with Gasteiger partial charge >= 0.3 is 0 Å². The average Bonchev–Trinajstić information content (AvgIpc) is 3.49. The van der Waals surface area contributed by atoms with Crippen LogP contribution in [-0.2, 0) is 0 Å². The van der Waals surface area contributed by atoms with Crippen molar-refractivity contribution in [3.8, 4) is 11.3 Å². The largest absolute Gasteiger partial charge is 0.396 e. The Bertz CT molecular complexity index is 970. The Hall–Kier alpha value is -3.55. The van der Waals surface area contributed by atoms with Crippen molar-refractivity contribution in [1.29, 1.82) is 0 Å². The molecule has 1 saturated carbocycles. The van der Waals surface area contributed by atoms with E-state index in [2.05, 4.69) is 25.6 Å². The number of carbonyl (C=O) groups excluding carboxylic acids is 1. The van der Waals surface area contributed by atoms with E-state index in [1.165, 1.54) is 24.5 Å².